The molecule has 0 bridgehead atoms. The Morgan fingerprint density at radius 3 is 2.58 bits per heavy atom. The molecule has 0 fully saturated rings. The molecule has 2 amide bonds. The van der Waals surface area contributed by atoms with Crippen LogP contribution in [0.25, 0.3) is 5.69 Å². The van der Waals surface area contributed by atoms with E-state index in [0.29, 0.717) is 39.4 Å². The minimum Gasteiger partial charge on any atom is -0.490 e. The van der Waals surface area contributed by atoms with Crippen LogP contribution < -0.4 is 25.5 Å². The smallest absolute Gasteiger partial charge is 0.337 e. The fourth-order valence-electron chi connectivity index (χ4n) is 4.75. The first-order valence-corrected chi connectivity index (χ1v) is 14.2. The van der Waals surface area contributed by atoms with Gasteiger partial charge in [0.2, 0.25) is 0 Å². The first-order chi connectivity index (χ1) is 20.5. The number of aliphatic hydroxyl groups is 1. The molecule has 228 valence electrons. The number of hydrazone groups is 1. The van der Waals surface area contributed by atoms with Crippen molar-refractivity contribution in [3.63, 3.8) is 0 Å². The maximum atomic E-state index is 12.4. The highest BCUT2D eigenvalue weighted by molar-refractivity contribution is 6.42. The van der Waals surface area contributed by atoms with E-state index in [4.69, 9.17) is 37.4 Å². The van der Waals surface area contributed by atoms with Gasteiger partial charge in [-0.25, -0.2) is 9.59 Å². The van der Waals surface area contributed by atoms with Crippen molar-refractivity contribution in [1.82, 2.24) is 20.6 Å². The van der Waals surface area contributed by atoms with Gasteiger partial charge < -0.3 is 34.5 Å². The number of benzene rings is 2. The Morgan fingerprint density at radius 2 is 1.88 bits per heavy atom. The monoisotopic (exact) mass is 629 g/mol. The average Bonchev–Trinajstić information content (AvgIpc) is 3.25. The van der Waals surface area contributed by atoms with E-state index in [1.165, 1.54) is 7.11 Å². The second-order valence-corrected chi connectivity index (χ2v) is 10.5. The van der Waals surface area contributed by atoms with Crippen LogP contribution in [0.3, 0.4) is 0 Å². The van der Waals surface area contributed by atoms with Gasteiger partial charge in [0.05, 0.1) is 41.6 Å². The third-order valence-corrected chi connectivity index (χ3v) is 7.47. The minimum absolute atomic E-state index is 0.143. The molecule has 2 atom stereocenters. The summed E-state index contributed by atoms with van der Waals surface area (Å²) in [5.74, 6) is 0.167. The lowest BCUT2D eigenvalue weighted by Crippen LogP contribution is -2.45. The summed E-state index contributed by atoms with van der Waals surface area (Å²) in [5.41, 5.74) is 7.54. The van der Waals surface area contributed by atoms with E-state index in [2.05, 4.69) is 21.2 Å². The van der Waals surface area contributed by atoms with Crippen LogP contribution in [0.2, 0.25) is 10.0 Å². The van der Waals surface area contributed by atoms with Crippen molar-refractivity contribution >= 4 is 41.4 Å². The van der Waals surface area contributed by atoms with Gasteiger partial charge >= 0.3 is 12.0 Å². The van der Waals surface area contributed by atoms with Gasteiger partial charge in [0.1, 0.15) is 6.61 Å². The lowest BCUT2D eigenvalue weighted by Gasteiger charge is -2.28. The first kappa shape index (κ1) is 31.7. The van der Waals surface area contributed by atoms with E-state index in [1.54, 1.807) is 43.5 Å². The van der Waals surface area contributed by atoms with Gasteiger partial charge in [0.15, 0.2) is 17.7 Å². The number of rotatable bonds is 11. The maximum Gasteiger partial charge on any atom is 0.337 e. The summed E-state index contributed by atoms with van der Waals surface area (Å²) >= 11 is 12.3. The van der Waals surface area contributed by atoms with Gasteiger partial charge in [0.25, 0.3) is 0 Å². The number of amides is 2. The van der Waals surface area contributed by atoms with Crippen molar-refractivity contribution < 1.29 is 28.9 Å². The molecule has 43 heavy (non-hydrogen) atoms. The first-order valence-electron chi connectivity index (χ1n) is 13.4. The van der Waals surface area contributed by atoms with Crippen molar-refractivity contribution in [3.8, 4) is 17.2 Å². The van der Waals surface area contributed by atoms with E-state index < -0.39 is 24.3 Å². The third-order valence-electron chi connectivity index (χ3n) is 6.73. The lowest BCUT2D eigenvalue weighted by molar-refractivity contribution is -0.136. The lowest BCUT2D eigenvalue weighted by atomic mass is 9.95. The van der Waals surface area contributed by atoms with Crippen LogP contribution in [0, 0.1) is 13.8 Å². The van der Waals surface area contributed by atoms with E-state index in [9.17, 15) is 14.7 Å². The summed E-state index contributed by atoms with van der Waals surface area (Å²) in [6.07, 6.45) is 0.478. The third kappa shape index (κ3) is 7.24. The molecular weight excluding hydrogens is 597 g/mol. The highest BCUT2D eigenvalue weighted by atomic mass is 35.5. The topological polar surface area (TPSA) is 135 Å². The number of nitrogens with one attached hydrogen (secondary N) is 3. The number of methoxy groups -OCH3 is 1. The summed E-state index contributed by atoms with van der Waals surface area (Å²) in [4.78, 5) is 24.6. The molecule has 11 nitrogen and oxygen atoms in total. The summed E-state index contributed by atoms with van der Waals surface area (Å²) in [6, 6.07) is 11.2. The van der Waals surface area contributed by atoms with Gasteiger partial charge in [-0.3, -0.25) is 5.43 Å². The molecule has 0 aliphatic carbocycles. The van der Waals surface area contributed by atoms with Crippen LogP contribution in [0.15, 0.2) is 58.8 Å². The number of aliphatic hydroxyl groups excluding tert-OH is 1. The number of ether oxygens (including phenoxy) is 3. The number of aromatic nitrogens is 1. The molecule has 0 saturated carbocycles. The van der Waals surface area contributed by atoms with E-state index in [0.717, 1.165) is 22.6 Å². The van der Waals surface area contributed by atoms with Crippen LogP contribution >= 0.6 is 23.2 Å². The number of nitrogens with zero attached hydrogens (tertiary/aromatic N) is 2. The van der Waals surface area contributed by atoms with Gasteiger partial charge in [-0.2, -0.15) is 5.10 Å². The summed E-state index contributed by atoms with van der Waals surface area (Å²) in [5, 5.41) is 20.9. The Kier molecular flexibility index (Phi) is 10.2. The zero-order valence-corrected chi connectivity index (χ0v) is 25.8. The number of esters is 1. The Balaban J connectivity index is 1.43. The highest BCUT2D eigenvalue weighted by Crippen LogP contribution is 2.35. The minimum atomic E-state index is -1.14. The molecule has 2 aromatic carbocycles. The normalized spacial score (nSPS) is 15.6. The molecule has 1 aliphatic rings. The largest absolute Gasteiger partial charge is 0.490 e. The number of urea groups is 1. The standard InChI is InChI=1S/C30H33Cl2N5O6/c1-6-42-25-12-19(28-27(29(39)41-5)17(3)34-30(40)35-28)7-10-24(25)43-15-26(38)36-33-14-20-11-16(2)37(18(20)4)21-8-9-22(31)23(32)13-21/h7-14,26,28,36,38H,6,15H2,1-5H3,(H2,34,35,40)/b33-14+/t26-,28+/m1/s1. The Hall–Kier alpha value is -4.19. The van der Waals surface area contributed by atoms with E-state index in [-0.39, 0.29) is 12.2 Å². The molecule has 2 heterocycles. The Labute approximate surface area is 259 Å². The van der Waals surface area contributed by atoms with Crippen molar-refractivity contribution in [1.29, 1.82) is 0 Å². The Morgan fingerprint density at radius 1 is 1.12 bits per heavy atom. The van der Waals surface area contributed by atoms with Gasteiger partial charge in [0, 0.05) is 28.3 Å². The van der Waals surface area contributed by atoms with Crippen LogP contribution in [-0.4, -0.2) is 54.4 Å². The van der Waals surface area contributed by atoms with E-state index in [1.807, 2.05) is 37.5 Å². The Bertz CT molecular complexity index is 1590. The SMILES string of the molecule is CCOc1cc([C@@H]2NC(=O)NC(C)=C2C(=O)OC)ccc1OC[C@@H](O)N/N=C/c1cc(C)n(-c2ccc(Cl)c(Cl)c2)c1C. The molecule has 0 unspecified atom stereocenters. The number of carbonyl (C=O) groups excluding carboxylic acids is 2. The summed E-state index contributed by atoms with van der Waals surface area (Å²) in [7, 11) is 1.28. The number of carbonyl (C=O) groups is 2. The summed E-state index contributed by atoms with van der Waals surface area (Å²) in [6.45, 7) is 7.56. The van der Waals surface area contributed by atoms with Crippen molar-refractivity contribution in [2.24, 2.45) is 5.10 Å². The zero-order valence-electron chi connectivity index (χ0n) is 24.3. The fraction of sp³-hybridized carbons (Fsp3) is 0.300. The fourth-order valence-corrected chi connectivity index (χ4v) is 5.05. The molecule has 0 radical (unpaired) electrons. The van der Waals surface area contributed by atoms with Crippen LogP contribution in [0.5, 0.6) is 11.5 Å². The van der Waals surface area contributed by atoms with Gasteiger partial charge in [-0.15, -0.1) is 0 Å². The number of hydrogen-bond donors (Lipinski definition) is 4. The molecule has 1 aromatic heterocycles. The number of halogens is 2. The molecule has 1 aliphatic heterocycles. The maximum absolute atomic E-state index is 12.4. The van der Waals surface area contributed by atoms with Crippen LogP contribution in [-0.2, 0) is 9.53 Å². The number of allylic oxidation sites excluding steroid dienone is 1. The average molecular weight is 631 g/mol. The second-order valence-electron chi connectivity index (χ2n) is 9.68. The molecule has 3 aromatic rings. The van der Waals surface area contributed by atoms with Crippen molar-refractivity contribution in [2.45, 2.75) is 40.0 Å². The molecule has 4 rings (SSSR count). The van der Waals surface area contributed by atoms with Crippen molar-refractivity contribution in [3.05, 3.63) is 86.3 Å². The molecule has 4 N–H and O–H groups in total. The van der Waals surface area contributed by atoms with Gasteiger partial charge in [-0.05, 0) is 69.7 Å². The predicted octanol–water partition coefficient (Wildman–Crippen LogP) is 4.92. The summed E-state index contributed by atoms with van der Waals surface area (Å²) < 4.78 is 18.5. The van der Waals surface area contributed by atoms with E-state index >= 15 is 0 Å². The van der Waals surface area contributed by atoms with Gasteiger partial charge in [-0.1, -0.05) is 29.3 Å². The quantitative estimate of drug-likeness (QED) is 0.102. The molecule has 0 saturated heterocycles. The molecule has 0 spiro atoms. The highest BCUT2D eigenvalue weighted by Gasteiger charge is 2.32. The number of aryl methyl sites for hydroxylation is 1. The molecule has 13 heteroatoms. The number of hydrogen-bond acceptors (Lipinski definition) is 8. The van der Waals surface area contributed by atoms with Crippen LogP contribution in [0.1, 0.15) is 42.4 Å². The zero-order chi connectivity index (χ0) is 31.3. The second kappa shape index (κ2) is 13.9. The predicted molar refractivity (Wildman–Crippen MR) is 164 cm³/mol. The van der Waals surface area contributed by atoms with Crippen LogP contribution in [0.4, 0.5) is 4.79 Å². The molecular formula is C30H33Cl2N5O6. The van der Waals surface area contributed by atoms with Crippen molar-refractivity contribution in [2.75, 3.05) is 20.3 Å².